The van der Waals surface area contributed by atoms with E-state index in [4.69, 9.17) is 4.99 Å². The van der Waals surface area contributed by atoms with E-state index in [1.165, 1.54) is 23.5 Å². The van der Waals surface area contributed by atoms with Crippen LogP contribution in [0.15, 0.2) is 113 Å². The Morgan fingerprint density at radius 1 is 0.850 bits per heavy atom. The van der Waals surface area contributed by atoms with Crippen LogP contribution in [-0.2, 0) is 20.0 Å². The predicted octanol–water partition coefficient (Wildman–Crippen LogP) is 5.24. The van der Waals surface area contributed by atoms with Crippen LogP contribution in [0.2, 0.25) is 0 Å². The molecule has 0 aliphatic heterocycles. The fraction of sp³-hybridized carbons (Fsp3) is 0.0690. The van der Waals surface area contributed by atoms with Gasteiger partial charge in [-0.15, -0.1) is 0 Å². The van der Waals surface area contributed by atoms with Crippen molar-refractivity contribution in [1.82, 2.24) is 4.98 Å². The first-order chi connectivity index (χ1) is 19.0. The number of fused-ring (bicyclic) bond motifs is 1. The van der Waals surface area contributed by atoms with Crippen molar-refractivity contribution in [3.05, 3.63) is 114 Å². The number of sulfonamides is 2. The molecule has 0 saturated carbocycles. The van der Waals surface area contributed by atoms with Crippen LogP contribution in [0.4, 0.5) is 17.1 Å². The highest BCUT2D eigenvalue weighted by Gasteiger charge is 2.21. The van der Waals surface area contributed by atoms with Gasteiger partial charge < -0.3 is 10.1 Å². The lowest BCUT2D eigenvalue weighted by atomic mass is 10.0. The molecular formula is C29H26N4O5S2. The molecule has 0 bridgehead atoms. The fourth-order valence-electron chi connectivity index (χ4n) is 4.21. The maximum Gasteiger partial charge on any atom is 0.261 e. The molecule has 0 aliphatic rings. The zero-order valence-corrected chi connectivity index (χ0v) is 23.2. The maximum atomic E-state index is 12.9. The summed E-state index contributed by atoms with van der Waals surface area (Å²) in [5.41, 5.74) is 3.45. The van der Waals surface area contributed by atoms with Crippen molar-refractivity contribution in [3.63, 3.8) is 0 Å². The van der Waals surface area contributed by atoms with Crippen molar-refractivity contribution in [3.8, 4) is 5.88 Å². The number of aromatic nitrogens is 1. The number of rotatable bonds is 8. The molecule has 40 heavy (non-hydrogen) atoms. The van der Waals surface area contributed by atoms with E-state index in [2.05, 4.69) is 9.71 Å². The molecule has 0 saturated heterocycles. The van der Waals surface area contributed by atoms with E-state index in [9.17, 15) is 21.9 Å². The highest BCUT2D eigenvalue weighted by molar-refractivity contribution is 7.92. The van der Waals surface area contributed by atoms with Gasteiger partial charge in [0.1, 0.15) is 0 Å². The maximum absolute atomic E-state index is 12.9. The summed E-state index contributed by atoms with van der Waals surface area (Å²) in [4.78, 5) is 7.90. The van der Waals surface area contributed by atoms with Gasteiger partial charge in [0.05, 0.1) is 33.8 Å². The molecule has 5 rings (SSSR count). The van der Waals surface area contributed by atoms with Gasteiger partial charge in [0.25, 0.3) is 10.0 Å². The highest BCUT2D eigenvalue weighted by Crippen LogP contribution is 2.34. The smallest absolute Gasteiger partial charge is 0.261 e. The van der Waals surface area contributed by atoms with Gasteiger partial charge in [-0.1, -0.05) is 48.5 Å². The normalized spacial score (nSPS) is 12.4. The molecule has 4 aromatic carbocycles. The lowest BCUT2D eigenvalue weighted by molar-refractivity contribution is 0.457. The van der Waals surface area contributed by atoms with Gasteiger partial charge in [0.2, 0.25) is 10.0 Å². The molecule has 0 atom stereocenters. The van der Waals surface area contributed by atoms with E-state index in [1.54, 1.807) is 60.7 Å². The number of aliphatic imine (C=N–C) groups is 1. The highest BCUT2D eigenvalue weighted by atomic mass is 32.2. The monoisotopic (exact) mass is 574 g/mol. The van der Waals surface area contributed by atoms with Gasteiger partial charge in [-0.3, -0.25) is 9.03 Å². The van der Waals surface area contributed by atoms with Crippen molar-refractivity contribution in [1.29, 1.82) is 0 Å². The Balaban J connectivity index is 1.61. The lowest BCUT2D eigenvalue weighted by Gasteiger charge is -2.16. The van der Waals surface area contributed by atoms with Crippen LogP contribution in [0.5, 0.6) is 5.88 Å². The van der Waals surface area contributed by atoms with Crippen LogP contribution in [0.25, 0.3) is 10.9 Å². The molecular weight excluding hydrogens is 548 g/mol. The number of H-pyrrole nitrogens is 1. The first-order valence-corrected chi connectivity index (χ1v) is 15.5. The molecule has 11 heteroatoms. The fourth-order valence-corrected chi connectivity index (χ4v) is 5.79. The van der Waals surface area contributed by atoms with E-state index < -0.39 is 20.0 Å². The van der Waals surface area contributed by atoms with Gasteiger partial charge in [0.15, 0.2) is 5.88 Å². The second-order valence-corrected chi connectivity index (χ2v) is 12.8. The summed E-state index contributed by atoms with van der Waals surface area (Å²) in [6.45, 7) is 0. The van der Waals surface area contributed by atoms with Gasteiger partial charge in [-0.05, 0) is 54.6 Å². The Morgan fingerprint density at radius 2 is 1.48 bits per heavy atom. The lowest BCUT2D eigenvalue weighted by Crippen LogP contribution is -2.24. The quantitative estimate of drug-likeness (QED) is 0.218. The standard InChI is InChI=1S/C29H26N4O5S2/c1-33(39(2,35)36)23-16-13-21(14-17-23)30-28(20-9-5-3-6-10-20)27-25-19-22(15-18-26(25)31-29(27)34)32-40(37,38)24-11-7-4-8-12-24/h3-19,31-32,34H,1-2H3. The van der Waals surface area contributed by atoms with Gasteiger partial charge >= 0.3 is 0 Å². The second-order valence-electron chi connectivity index (χ2n) is 9.10. The summed E-state index contributed by atoms with van der Waals surface area (Å²) in [5, 5.41) is 11.6. The van der Waals surface area contributed by atoms with Crippen molar-refractivity contribution < 1.29 is 21.9 Å². The largest absolute Gasteiger partial charge is 0.494 e. The van der Waals surface area contributed by atoms with Crippen LogP contribution >= 0.6 is 0 Å². The first-order valence-electron chi connectivity index (χ1n) is 12.1. The van der Waals surface area contributed by atoms with Crippen LogP contribution < -0.4 is 9.03 Å². The second kappa shape index (κ2) is 10.5. The Bertz CT molecular complexity index is 1920. The topological polar surface area (TPSA) is 132 Å². The number of hydrogen-bond donors (Lipinski definition) is 3. The average Bonchev–Trinajstić information content (AvgIpc) is 3.26. The molecule has 1 heterocycles. The number of nitrogens with zero attached hydrogens (tertiary/aromatic N) is 2. The number of aromatic amines is 1. The minimum atomic E-state index is -3.83. The van der Waals surface area contributed by atoms with Crippen molar-refractivity contribution in [2.75, 3.05) is 22.3 Å². The van der Waals surface area contributed by atoms with E-state index in [1.807, 2.05) is 30.3 Å². The Labute approximate surface area is 232 Å². The Kier molecular flexibility index (Phi) is 7.09. The minimum Gasteiger partial charge on any atom is -0.494 e. The zero-order chi connectivity index (χ0) is 28.5. The van der Waals surface area contributed by atoms with Gasteiger partial charge in [-0.2, -0.15) is 0 Å². The van der Waals surface area contributed by atoms with Crippen LogP contribution in [0.3, 0.4) is 0 Å². The minimum absolute atomic E-state index is 0.128. The van der Waals surface area contributed by atoms with Crippen molar-refractivity contribution in [2.24, 2.45) is 4.99 Å². The number of aromatic hydroxyl groups is 1. The first kappa shape index (κ1) is 27.0. The molecule has 0 spiro atoms. The van der Waals surface area contributed by atoms with Gasteiger partial charge in [0, 0.05) is 29.2 Å². The number of anilines is 2. The molecule has 1 aromatic heterocycles. The van der Waals surface area contributed by atoms with E-state index in [0.717, 1.165) is 6.26 Å². The average molecular weight is 575 g/mol. The van der Waals surface area contributed by atoms with E-state index in [0.29, 0.717) is 44.8 Å². The summed E-state index contributed by atoms with van der Waals surface area (Å²) in [6, 6.07) is 28.9. The van der Waals surface area contributed by atoms with E-state index in [-0.39, 0.29) is 10.8 Å². The Morgan fingerprint density at radius 3 is 2.10 bits per heavy atom. The van der Waals surface area contributed by atoms with Crippen LogP contribution in [-0.4, -0.2) is 45.9 Å². The molecule has 0 amide bonds. The molecule has 0 radical (unpaired) electrons. The van der Waals surface area contributed by atoms with E-state index >= 15 is 0 Å². The summed E-state index contributed by atoms with van der Waals surface area (Å²) >= 11 is 0. The molecule has 204 valence electrons. The summed E-state index contributed by atoms with van der Waals surface area (Å²) in [5.74, 6) is -0.130. The molecule has 5 aromatic rings. The third-order valence-corrected chi connectivity index (χ3v) is 8.92. The van der Waals surface area contributed by atoms with Crippen LogP contribution in [0.1, 0.15) is 11.1 Å². The van der Waals surface area contributed by atoms with Crippen molar-refractivity contribution >= 4 is 53.7 Å². The third kappa shape index (κ3) is 5.56. The molecule has 0 fully saturated rings. The zero-order valence-electron chi connectivity index (χ0n) is 21.6. The predicted molar refractivity (Wildman–Crippen MR) is 159 cm³/mol. The van der Waals surface area contributed by atoms with Crippen molar-refractivity contribution in [2.45, 2.75) is 4.90 Å². The van der Waals surface area contributed by atoms with Crippen LogP contribution in [0, 0.1) is 0 Å². The molecule has 3 N–H and O–H groups in total. The molecule has 0 aliphatic carbocycles. The summed E-state index contributed by atoms with van der Waals surface area (Å²) in [7, 11) is -5.79. The Hall–Kier alpha value is -4.61. The number of benzene rings is 4. The molecule has 0 unspecified atom stereocenters. The SMILES string of the molecule is CN(c1ccc(N=C(c2ccccc2)c2c(O)[nH]c3ccc(NS(=O)(=O)c4ccccc4)cc23)cc1)S(C)(=O)=O. The van der Waals surface area contributed by atoms with Gasteiger partial charge in [-0.25, -0.2) is 21.8 Å². The summed E-state index contributed by atoms with van der Waals surface area (Å²) < 4.78 is 53.5. The number of nitrogens with one attached hydrogen (secondary N) is 2. The third-order valence-electron chi connectivity index (χ3n) is 6.32. The summed E-state index contributed by atoms with van der Waals surface area (Å²) in [6.07, 6.45) is 1.13. The number of hydrogen-bond acceptors (Lipinski definition) is 6. The molecule has 9 nitrogen and oxygen atoms in total.